The standard InChI is InChI=1S/C18H20BrN3O3/c1-12(21-15-7-5-14(19)6-8-15)18(23)22-20-11-13-4-9-16(24-2)17(10-13)25-3/h4-12,21H,1-3H3,(H,22,23)/b20-11-/t12-/m0/s1. The number of carbonyl (C=O) groups is 1. The van der Waals surface area contributed by atoms with Gasteiger partial charge in [-0.2, -0.15) is 5.10 Å². The number of hydrogen-bond acceptors (Lipinski definition) is 5. The fraction of sp³-hybridized carbons (Fsp3) is 0.222. The molecular formula is C18H20BrN3O3. The summed E-state index contributed by atoms with van der Waals surface area (Å²) in [5.74, 6) is 0.999. The van der Waals surface area contributed by atoms with Crippen molar-refractivity contribution in [3.8, 4) is 11.5 Å². The molecule has 0 aromatic heterocycles. The molecule has 0 aliphatic carbocycles. The molecule has 0 aliphatic heterocycles. The Kier molecular flexibility index (Phi) is 6.82. The molecule has 2 rings (SSSR count). The number of benzene rings is 2. The summed E-state index contributed by atoms with van der Waals surface area (Å²) in [4.78, 5) is 12.1. The highest BCUT2D eigenvalue weighted by molar-refractivity contribution is 9.10. The number of amides is 1. The molecular weight excluding hydrogens is 386 g/mol. The highest BCUT2D eigenvalue weighted by atomic mass is 79.9. The van der Waals surface area contributed by atoms with Gasteiger partial charge in [0.2, 0.25) is 0 Å². The van der Waals surface area contributed by atoms with E-state index < -0.39 is 6.04 Å². The van der Waals surface area contributed by atoms with Crippen LogP contribution in [-0.2, 0) is 4.79 Å². The minimum atomic E-state index is -0.427. The highest BCUT2D eigenvalue weighted by Crippen LogP contribution is 2.26. The predicted octanol–water partition coefficient (Wildman–Crippen LogP) is 3.42. The van der Waals surface area contributed by atoms with Crippen LogP contribution in [0.15, 0.2) is 52.0 Å². The third-order valence-corrected chi connectivity index (χ3v) is 3.95. The summed E-state index contributed by atoms with van der Waals surface area (Å²) in [6.45, 7) is 1.77. The lowest BCUT2D eigenvalue weighted by molar-refractivity contribution is -0.121. The first-order valence-electron chi connectivity index (χ1n) is 7.60. The van der Waals surface area contributed by atoms with Crippen molar-refractivity contribution < 1.29 is 14.3 Å². The van der Waals surface area contributed by atoms with E-state index in [1.54, 1.807) is 39.5 Å². The molecule has 2 aromatic rings. The summed E-state index contributed by atoms with van der Waals surface area (Å²) in [7, 11) is 3.14. The molecule has 0 saturated heterocycles. The smallest absolute Gasteiger partial charge is 0.262 e. The second kappa shape index (κ2) is 9.08. The van der Waals surface area contributed by atoms with Gasteiger partial charge in [-0.1, -0.05) is 15.9 Å². The molecule has 1 atom stereocenters. The molecule has 0 unspecified atom stereocenters. The summed E-state index contributed by atoms with van der Waals surface area (Å²) >= 11 is 3.37. The summed E-state index contributed by atoms with van der Waals surface area (Å²) in [6.07, 6.45) is 1.55. The van der Waals surface area contributed by atoms with Gasteiger partial charge in [0.05, 0.1) is 20.4 Å². The van der Waals surface area contributed by atoms with Gasteiger partial charge in [0.1, 0.15) is 6.04 Å². The lowest BCUT2D eigenvalue weighted by Crippen LogP contribution is -2.34. The van der Waals surface area contributed by atoms with Gasteiger partial charge in [-0.25, -0.2) is 5.43 Å². The highest BCUT2D eigenvalue weighted by Gasteiger charge is 2.11. The van der Waals surface area contributed by atoms with Gasteiger partial charge in [0.15, 0.2) is 11.5 Å². The van der Waals surface area contributed by atoms with Crippen LogP contribution in [0.4, 0.5) is 5.69 Å². The van der Waals surface area contributed by atoms with E-state index in [2.05, 4.69) is 31.8 Å². The average molecular weight is 406 g/mol. The van der Waals surface area contributed by atoms with Crippen LogP contribution < -0.4 is 20.2 Å². The lowest BCUT2D eigenvalue weighted by Gasteiger charge is -2.13. The van der Waals surface area contributed by atoms with Gasteiger partial charge in [-0.15, -0.1) is 0 Å². The quantitative estimate of drug-likeness (QED) is 0.546. The van der Waals surface area contributed by atoms with E-state index in [0.717, 1.165) is 15.7 Å². The molecule has 1 amide bonds. The topological polar surface area (TPSA) is 72.0 Å². The van der Waals surface area contributed by atoms with Crippen molar-refractivity contribution in [2.24, 2.45) is 5.10 Å². The number of nitrogens with one attached hydrogen (secondary N) is 2. The Balaban J connectivity index is 1.92. The second-order valence-electron chi connectivity index (χ2n) is 5.22. The molecule has 0 heterocycles. The number of carbonyl (C=O) groups excluding carboxylic acids is 1. The molecule has 6 nitrogen and oxygen atoms in total. The monoisotopic (exact) mass is 405 g/mol. The van der Waals surface area contributed by atoms with E-state index in [9.17, 15) is 4.79 Å². The fourth-order valence-electron chi connectivity index (χ4n) is 2.06. The second-order valence-corrected chi connectivity index (χ2v) is 6.14. The maximum Gasteiger partial charge on any atom is 0.262 e. The van der Waals surface area contributed by atoms with Crippen LogP contribution in [0.25, 0.3) is 0 Å². The van der Waals surface area contributed by atoms with E-state index in [4.69, 9.17) is 9.47 Å². The number of halogens is 1. The predicted molar refractivity (Wildman–Crippen MR) is 103 cm³/mol. The van der Waals surface area contributed by atoms with Crippen LogP contribution in [0, 0.1) is 0 Å². The number of anilines is 1. The molecule has 2 N–H and O–H groups in total. The first-order chi connectivity index (χ1) is 12.0. The van der Waals surface area contributed by atoms with Gasteiger partial charge < -0.3 is 14.8 Å². The molecule has 0 saturated carbocycles. The van der Waals surface area contributed by atoms with Gasteiger partial charge >= 0.3 is 0 Å². The molecule has 0 spiro atoms. The zero-order valence-corrected chi connectivity index (χ0v) is 15.8. The molecule has 132 valence electrons. The van der Waals surface area contributed by atoms with Crippen molar-refractivity contribution in [3.63, 3.8) is 0 Å². The fourth-order valence-corrected chi connectivity index (χ4v) is 2.33. The first-order valence-corrected chi connectivity index (χ1v) is 8.40. The Bertz CT molecular complexity index is 748. The largest absolute Gasteiger partial charge is 0.493 e. The first kappa shape index (κ1) is 18.8. The summed E-state index contributed by atoms with van der Waals surface area (Å²) < 4.78 is 11.4. The number of methoxy groups -OCH3 is 2. The number of rotatable bonds is 7. The Morgan fingerprint density at radius 1 is 1.12 bits per heavy atom. The van der Waals surface area contributed by atoms with Crippen molar-refractivity contribution in [2.75, 3.05) is 19.5 Å². The van der Waals surface area contributed by atoms with Crippen molar-refractivity contribution in [2.45, 2.75) is 13.0 Å². The van der Waals surface area contributed by atoms with Gasteiger partial charge in [0.25, 0.3) is 5.91 Å². The van der Waals surface area contributed by atoms with E-state index in [0.29, 0.717) is 11.5 Å². The molecule has 2 aromatic carbocycles. The Hall–Kier alpha value is -2.54. The average Bonchev–Trinajstić information content (AvgIpc) is 2.63. The zero-order valence-electron chi connectivity index (χ0n) is 14.2. The molecule has 0 aliphatic rings. The minimum Gasteiger partial charge on any atom is -0.493 e. The number of ether oxygens (including phenoxy) is 2. The summed E-state index contributed by atoms with van der Waals surface area (Å²) in [5.41, 5.74) is 4.16. The molecule has 0 fully saturated rings. The molecule has 25 heavy (non-hydrogen) atoms. The van der Waals surface area contributed by atoms with Crippen LogP contribution in [0.3, 0.4) is 0 Å². The minimum absolute atomic E-state index is 0.236. The van der Waals surface area contributed by atoms with Gasteiger partial charge in [-0.3, -0.25) is 4.79 Å². The maximum absolute atomic E-state index is 12.1. The molecule has 7 heteroatoms. The lowest BCUT2D eigenvalue weighted by atomic mass is 10.2. The molecule has 0 radical (unpaired) electrons. The summed E-state index contributed by atoms with van der Waals surface area (Å²) in [6, 6.07) is 12.5. The van der Waals surface area contributed by atoms with Crippen LogP contribution in [0.5, 0.6) is 11.5 Å². The Morgan fingerprint density at radius 3 is 2.44 bits per heavy atom. The van der Waals surface area contributed by atoms with Crippen LogP contribution >= 0.6 is 15.9 Å². The third kappa shape index (κ3) is 5.49. The van der Waals surface area contributed by atoms with E-state index >= 15 is 0 Å². The molecule has 0 bridgehead atoms. The summed E-state index contributed by atoms with van der Waals surface area (Å²) in [5, 5.41) is 7.09. The van der Waals surface area contributed by atoms with E-state index in [1.165, 1.54) is 0 Å². The zero-order chi connectivity index (χ0) is 18.2. The van der Waals surface area contributed by atoms with Crippen molar-refractivity contribution >= 4 is 33.7 Å². The normalized spacial score (nSPS) is 11.8. The van der Waals surface area contributed by atoms with E-state index in [-0.39, 0.29) is 5.91 Å². The van der Waals surface area contributed by atoms with Crippen LogP contribution in [0.2, 0.25) is 0 Å². The van der Waals surface area contributed by atoms with Crippen molar-refractivity contribution in [1.29, 1.82) is 0 Å². The van der Waals surface area contributed by atoms with Gasteiger partial charge in [0, 0.05) is 10.2 Å². The number of nitrogens with zero attached hydrogens (tertiary/aromatic N) is 1. The SMILES string of the molecule is COc1ccc(/C=N\NC(=O)[C@H](C)Nc2ccc(Br)cc2)cc1OC. The maximum atomic E-state index is 12.1. The van der Waals surface area contributed by atoms with Crippen molar-refractivity contribution in [3.05, 3.63) is 52.5 Å². The van der Waals surface area contributed by atoms with Crippen molar-refractivity contribution in [1.82, 2.24) is 5.43 Å². The van der Waals surface area contributed by atoms with Gasteiger partial charge in [-0.05, 0) is 55.0 Å². The number of hydrogen-bond donors (Lipinski definition) is 2. The van der Waals surface area contributed by atoms with Crippen LogP contribution in [-0.4, -0.2) is 32.4 Å². The Morgan fingerprint density at radius 2 is 1.80 bits per heavy atom. The number of hydrazone groups is 1. The third-order valence-electron chi connectivity index (χ3n) is 3.42. The van der Waals surface area contributed by atoms with Crippen LogP contribution in [0.1, 0.15) is 12.5 Å². The Labute approximate surface area is 155 Å². The van der Waals surface area contributed by atoms with E-state index in [1.807, 2.05) is 30.3 Å².